The molecule has 2 aromatic heterocycles. The number of nitrogens with zero attached hydrogens (tertiary/aromatic N) is 2. The van der Waals surface area contributed by atoms with Crippen LogP contribution in [0.15, 0.2) is 9.95 Å². The van der Waals surface area contributed by atoms with E-state index in [2.05, 4.69) is 12.2 Å². The Morgan fingerprint density at radius 1 is 1.15 bits per heavy atom. The Labute approximate surface area is 204 Å². The molecule has 1 N–H and O–H groups in total. The molecule has 0 unspecified atom stereocenters. The molecule has 2 heterocycles. The topological polar surface area (TPSA) is 64.0 Å². The number of aromatic nitrogens is 2. The summed E-state index contributed by atoms with van der Waals surface area (Å²) >= 11 is 3.17. The van der Waals surface area contributed by atoms with E-state index in [4.69, 9.17) is 4.98 Å². The molecule has 0 saturated heterocycles. The highest BCUT2D eigenvalue weighted by molar-refractivity contribution is 7.99. The average Bonchev–Trinajstić information content (AvgIpc) is 3.61. The molecule has 0 aromatic carbocycles. The Morgan fingerprint density at radius 3 is 2.73 bits per heavy atom. The molecule has 4 atom stereocenters. The summed E-state index contributed by atoms with van der Waals surface area (Å²) in [4.78, 5) is 33.9. The van der Waals surface area contributed by atoms with E-state index < -0.39 is 0 Å². The van der Waals surface area contributed by atoms with Crippen molar-refractivity contribution in [2.24, 2.45) is 17.8 Å². The summed E-state index contributed by atoms with van der Waals surface area (Å²) < 4.78 is 1.97. The second kappa shape index (κ2) is 9.03. The summed E-state index contributed by atoms with van der Waals surface area (Å²) in [6.45, 7) is 2.18. The van der Waals surface area contributed by atoms with Gasteiger partial charge in [-0.05, 0) is 88.0 Å². The molecule has 33 heavy (non-hydrogen) atoms. The number of fused-ring (bicyclic) bond motifs is 5. The lowest BCUT2D eigenvalue weighted by molar-refractivity contribution is -0.119. The van der Waals surface area contributed by atoms with Crippen molar-refractivity contribution in [3.8, 4) is 0 Å². The Hall–Kier alpha value is -1.34. The molecule has 178 valence electrons. The third-order valence-corrected chi connectivity index (χ3v) is 11.0. The molecule has 4 aliphatic rings. The highest BCUT2D eigenvalue weighted by Gasteiger charge is 2.42. The lowest BCUT2D eigenvalue weighted by atomic mass is 9.84. The number of rotatable bonds is 6. The Morgan fingerprint density at radius 2 is 1.97 bits per heavy atom. The average molecular weight is 486 g/mol. The molecule has 1 amide bonds. The van der Waals surface area contributed by atoms with E-state index in [1.54, 1.807) is 11.3 Å². The zero-order valence-electron chi connectivity index (χ0n) is 19.6. The number of carbonyl (C=O) groups excluding carboxylic acids is 1. The van der Waals surface area contributed by atoms with Gasteiger partial charge in [0, 0.05) is 17.0 Å². The molecular formula is C26H35N3O2S2. The Balaban J connectivity index is 1.23. The molecule has 4 aliphatic carbocycles. The number of hydrogen-bond acceptors (Lipinski definition) is 5. The lowest BCUT2D eigenvalue weighted by Gasteiger charge is -2.28. The Bertz CT molecular complexity index is 1120. The standard InChI is InChI=1S/C26H35N3O2S2/c1-15(20-13-16-10-11-17(20)12-16)27-22(30)14-32-26-28-24-23(19-8-4-5-9-21(19)33-24)25(31)29(26)18-6-2-3-7-18/h15-18,20H,2-14H2,1H3,(H,27,30)/t15-,16-,17-,20+/m1/s1. The minimum atomic E-state index is 0.0769. The van der Waals surface area contributed by atoms with Crippen molar-refractivity contribution in [1.82, 2.24) is 14.9 Å². The smallest absolute Gasteiger partial charge is 0.263 e. The number of thioether (sulfide) groups is 1. The highest BCUT2D eigenvalue weighted by atomic mass is 32.2. The minimum Gasteiger partial charge on any atom is -0.353 e. The number of aryl methyl sites for hydroxylation is 2. The van der Waals surface area contributed by atoms with Gasteiger partial charge >= 0.3 is 0 Å². The van der Waals surface area contributed by atoms with E-state index in [0.717, 1.165) is 52.9 Å². The van der Waals surface area contributed by atoms with Gasteiger partial charge in [-0.25, -0.2) is 4.98 Å². The summed E-state index contributed by atoms with van der Waals surface area (Å²) in [6, 6.07) is 0.469. The molecule has 3 fully saturated rings. The van der Waals surface area contributed by atoms with Crippen LogP contribution in [0.2, 0.25) is 0 Å². The van der Waals surface area contributed by atoms with Gasteiger partial charge in [0.25, 0.3) is 5.56 Å². The fourth-order valence-electron chi connectivity index (χ4n) is 7.22. The van der Waals surface area contributed by atoms with Gasteiger partial charge in [-0.15, -0.1) is 11.3 Å². The fourth-order valence-corrected chi connectivity index (χ4v) is 9.40. The molecule has 0 aliphatic heterocycles. The molecule has 5 nitrogen and oxygen atoms in total. The van der Waals surface area contributed by atoms with Crippen LogP contribution in [0.5, 0.6) is 0 Å². The molecule has 0 radical (unpaired) electrons. The van der Waals surface area contributed by atoms with Crippen molar-refractivity contribution < 1.29 is 4.79 Å². The first kappa shape index (κ1) is 22.1. The van der Waals surface area contributed by atoms with Crippen molar-refractivity contribution in [2.45, 2.75) is 101 Å². The largest absolute Gasteiger partial charge is 0.353 e. The minimum absolute atomic E-state index is 0.0769. The number of nitrogens with one attached hydrogen (secondary N) is 1. The summed E-state index contributed by atoms with van der Waals surface area (Å²) in [5.74, 6) is 2.75. The van der Waals surface area contributed by atoms with Crippen LogP contribution in [0, 0.1) is 17.8 Å². The van der Waals surface area contributed by atoms with Gasteiger partial charge in [0.1, 0.15) is 4.83 Å². The second-order valence-corrected chi connectivity index (χ2v) is 12.9. The second-order valence-electron chi connectivity index (χ2n) is 10.9. The first-order valence-corrected chi connectivity index (χ1v) is 14.9. The van der Waals surface area contributed by atoms with Gasteiger partial charge in [-0.3, -0.25) is 14.2 Å². The van der Waals surface area contributed by atoms with Gasteiger partial charge in [0.05, 0.1) is 11.1 Å². The van der Waals surface area contributed by atoms with Crippen LogP contribution < -0.4 is 10.9 Å². The normalized spacial score (nSPS) is 27.8. The molecule has 2 aromatic rings. The van der Waals surface area contributed by atoms with E-state index in [9.17, 15) is 9.59 Å². The predicted octanol–water partition coefficient (Wildman–Crippen LogP) is 5.48. The summed E-state index contributed by atoms with van der Waals surface area (Å²) in [5.41, 5.74) is 1.41. The summed E-state index contributed by atoms with van der Waals surface area (Å²) in [7, 11) is 0. The van der Waals surface area contributed by atoms with Crippen LogP contribution in [0.25, 0.3) is 10.2 Å². The summed E-state index contributed by atoms with van der Waals surface area (Å²) in [5, 5.41) is 4.91. The van der Waals surface area contributed by atoms with E-state index in [1.165, 1.54) is 73.6 Å². The van der Waals surface area contributed by atoms with Gasteiger partial charge in [0.15, 0.2) is 5.16 Å². The van der Waals surface area contributed by atoms with Crippen molar-refractivity contribution in [3.05, 3.63) is 20.8 Å². The van der Waals surface area contributed by atoms with E-state index in [1.807, 2.05) is 4.57 Å². The monoisotopic (exact) mass is 485 g/mol. The molecule has 6 rings (SSSR count). The molecule has 0 spiro atoms. The molecule has 2 bridgehead atoms. The maximum Gasteiger partial charge on any atom is 0.263 e. The zero-order valence-corrected chi connectivity index (χ0v) is 21.2. The maximum atomic E-state index is 13.8. The summed E-state index contributed by atoms with van der Waals surface area (Å²) in [6.07, 6.45) is 14.2. The van der Waals surface area contributed by atoms with Gasteiger partial charge in [-0.1, -0.05) is 31.0 Å². The lowest BCUT2D eigenvalue weighted by Crippen LogP contribution is -2.41. The van der Waals surface area contributed by atoms with Crippen molar-refractivity contribution in [3.63, 3.8) is 0 Å². The third kappa shape index (κ3) is 4.07. The van der Waals surface area contributed by atoms with E-state index >= 15 is 0 Å². The fraction of sp³-hybridized carbons (Fsp3) is 0.731. The number of hydrogen-bond donors (Lipinski definition) is 1. The van der Waals surface area contributed by atoms with Gasteiger partial charge in [0.2, 0.25) is 5.91 Å². The van der Waals surface area contributed by atoms with Crippen molar-refractivity contribution in [1.29, 1.82) is 0 Å². The highest BCUT2D eigenvalue weighted by Crippen LogP contribution is 2.49. The number of thiophene rings is 1. The van der Waals surface area contributed by atoms with Crippen LogP contribution in [0.3, 0.4) is 0 Å². The van der Waals surface area contributed by atoms with E-state index in [0.29, 0.717) is 11.7 Å². The third-order valence-electron chi connectivity index (χ3n) is 8.83. The van der Waals surface area contributed by atoms with Crippen LogP contribution >= 0.6 is 23.1 Å². The van der Waals surface area contributed by atoms with Crippen LogP contribution in [-0.2, 0) is 17.6 Å². The number of carbonyl (C=O) groups is 1. The zero-order chi connectivity index (χ0) is 22.5. The van der Waals surface area contributed by atoms with Crippen molar-refractivity contribution in [2.75, 3.05) is 5.75 Å². The van der Waals surface area contributed by atoms with Crippen LogP contribution in [0.4, 0.5) is 0 Å². The molecule has 7 heteroatoms. The predicted molar refractivity (Wildman–Crippen MR) is 135 cm³/mol. The van der Waals surface area contributed by atoms with Crippen LogP contribution in [0.1, 0.15) is 87.6 Å². The SMILES string of the molecule is C[C@@H](NC(=O)CSc1nc2sc3c(c2c(=O)n1C1CCCC1)CCCC3)[C@@H]1C[C@@H]2CC[C@@H]1C2. The molecular weight excluding hydrogens is 450 g/mol. The van der Waals surface area contributed by atoms with Gasteiger partial charge < -0.3 is 5.32 Å². The first-order valence-electron chi connectivity index (χ1n) is 13.1. The number of amides is 1. The van der Waals surface area contributed by atoms with Gasteiger partial charge in [-0.2, -0.15) is 0 Å². The van der Waals surface area contributed by atoms with Crippen molar-refractivity contribution >= 4 is 39.2 Å². The Kier molecular flexibility index (Phi) is 6.06. The maximum absolute atomic E-state index is 13.8. The first-order chi connectivity index (χ1) is 16.1. The quantitative estimate of drug-likeness (QED) is 0.434. The van der Waals surface area contributed by atoms with Crippen LogP contribution in [-0.4, -0.2) is 27.3 Å². The van der Waals surface area contributed by atoms with E-state index in [-0.39, 0.29) is 23.6 Å². The molecule has 3 saturated carbocycles.